The molecule has 1 heterocycles. The molecule has 0 saturated carbocycles. The Kier molecular flexibility index (Phi) is 5.45. The number of amides is 1. The number of aromatic nitrogens is 3. The number of carbonyl (C=O) groups excluding carboxylic acids is 1. The minimum absolute atomic E-state index is 0.0851. The van der Waals surface area contributed by atoms with Crippen LogP contribution in [0.5, 0.6) is 0 Å². The van der Waals surface area contributed by atoms with Crippen molar-refractivity contribution in [2.45, 2.75) is 25.0 Å². The molecule has 1 amide bonds. The van der Waals surface area contributed by atoms with Crippen LogP contribution in [0, 0.1) is 3.57 Å². The summed E-state index contributed by atoms with van der Waals surface area (Å²) in [5, 5.41) is 11.3. The highest BCUT2D eigenvalue weighted by molar-refractivity contribution is 14.1. The minimum Gasteiger partial charge on any atom is -0.368 e. The number of halogens is 1. The van der Waals surface area contributed by atoms with Crippen LogP contribution < -0.4 is 11.1 Å². The molecule has 112 valence electrons. The van der Waals surface area contributed by atoms with Gasteiger partial charge in [0.05, 0.1) is 5.75 Å². The summed E-state index contributed by atoms with van der Waals surface area (Å²) in [6, 6.07) is 7.79. The smallest absolute Gasteiger partial charge is 0.234 e. The number of rotatable bonds is 5. The van der Waals surface area contributed by atoms with E-state index < -0.39 is 0 Å². The number of hydrogen-bond donors (Lipinski definition) is 2. The number of anilines is 2. The van der Waals surface area contributed by atoms with Gasteiger partial charge in [-0.15, -0.1) is 10.2 Å². The lowest BCUT2D eigenvalue weighted by atomic mass is 10.3. The Morgan fingerprint density at radius 1 is 1.38 bits per heavy atom. The van der Waals surface area contributed by atoms with E-state index in [-0.39, 0.29) is 17.7 Å². The van der Waals surface area contributed by atoms with Gasteiger partial charge in [-0.05, 0) is 60.7 Å². The maximum atomic E-state index is 11.9. The molecule has 0 spiro atoms. The van der Waals surface area contributed by atoms with Gasteiger partial charge in [0, 0.05) is 15.3 Å². The minimum atomic E-state index is -0.0851. The van der Waals surface area contributed by atoms with Crippen molar-refractivity contribution < 1.29 is 4.79 Å². The van der Waals surface area contributed by atoms with E-state index in [9.17, 15) is 4.79 Å². The third-order valence-electron chi connectivity index (χ3n) is 2.67. The number of carbonyl (C=O) groups is 1. The summed E-state index contributed by atoms with van der Waals surface area (Å²) in [7, 11) is 0. The molecule has 1 aromatic heterocycles. The van der Waals surface area contributed by atoms with Crippen molar-refractivity contribution >= 4 is 51.9 Å². The van der Waals surface area contributed by atoms with Gasteiger partial charge in [0.1, 0.15) is 0 Å². The highest BCUT2D eigenvalue weighted by Gasteiger charge is 2.14. The van der Waals surface area contributed by atoms with E-state index in [4.69, 9.17) is 5.73 Å². The molecule has 0 aliphatic rings. The summed E-state index contributed by atoms with van der Waals surface area (Å²) in [6.45, 7) is 3.99. The Labute approximate surface area is 141 Å². The predicted octanol–water partition coefficient (Wildman–Crippen LogP) is 2.78. The van der Waals surface area contributed by atoms with Crippen molar-refractivity contribution in [3.63, 3.8) is 0 Å². The van der Waals surface area contributed by atoms with E-state index in [0.717, 1.165) is 9.26 Å². The van der Waals surface area contributed by atoms with Crippen LogP contribution in [0.25, 0.3) is 0 Å². The number of thioether (sulfide) groups is 1. The molecule has 2 rings (SSSR count). The normalized spacial score (nSPS) is 10.9. The Balaban J connectivity index is 1.94. The van der Waals surface area contributed by atoms with Gasteiger partial charge in [-0.25, -0.2) is 0 Å². The molecule has 0 fully saturated rings. The number of hydrogen-bond acceptors (Lipinski definition) is 5. The lowest BCUT2D eigenvalue weighted by Crippen LogP contribution is -2.15. The van der Waals surface area contributed by atoms with Gasteiger partial charge in [0.25, 0.3) is 0 Å². The molecule has 0 unspecified atom stereocenters. The molecule has 1 aromatic carbocycles. The Morgan fingerprint density at radius 3 is 2.67 bits per heavy atom. The standard InChI is InChI=1S/C13H16IN5OS/c1-8(2)19-12(15)17-18-13(19)21-7-11(20)16-10-5-3-9(14)4-6-10/h3-6,8H,7H2,1-2H3,(H2,15,17)(H,16,20). The van der Waals surface area contributed by atoms with Crippen LogP contribution in [0.1, 0.15) is 19.9 Å². The molecule has 0 radical (unpaired) electrons. The molecule has 21 heavy (non-hydrogen) atoms. The van der Waals surface area contributed by atoms with Gasteiger partial charge < -0.3 is 11.1 Å². The molecule has 0 aliphatic heterocycles. The number of nitrogens with two attached hydrogens (primary N) is 1. The topological polar surface area (TPSA) is 85.8 Å². The van der Waals surface area contributed by atoms with Crippen LogP contribution in [0.2, 0.25) is 0 Å². The lowest BCUT2D eigenvalue weighted by molar-refractivity contribution is -0.113. The summed E-state index contributed by atoms with van der Waals surface area (Å²) in [5.74, 6) is 0.542. The Morgan fingerprint density at radius 2 is 2.05 bits per heavy atom. The van der Waals surface area contributed by atoms with Gasteiger partial charge in [-0.1, -0.05) is 11.8 Å². The van der Waals surface area contributed by atoms with Gasteiger partial charge in [0.15, 0.2) is 5.16 Å². The molecular weight excluding hydrogens is 401 g/mol. The summed E-state index contributed by atoms with van der Waals surface area (Å²) in [6.07, 6.45) is 0. The number of nitrogen functional groups attached to an aromatic ring is 1. The molecule has 6 nitrogen and oxygen atoms in total. The number of nitrogens with zero attached hydrogens (tertiary/aromatic N) is 3. The molecule has 3 N–H and O–H groups in total. The SMILES string of the molecule is CC(C)n1c(N)nnc1SCC(=O)Nc1ccc(I)cc1. The van der Waals surface area contributed by atoms with E-state index in [1.165, 1.54) is 11.8 Å². The zero-order valence-electron chi connectivity index (χ0n) is 11.7. The summed E-state index contributed by atoms with van der Waals surface area (Å²) in [4.78, 5) is 11.9. The van der Waals surface area contributed by atoms with Crippen molar-refractivity contribution in [2.24, 2.45) is 0 Å². The van der Waals surface area contributed by atoms with Gasteiger partial charge in [-0.2, -0.15) is 0 Å². The van der Waals surface area contributed by atoms with Crippen LogP contribution in [0.15, 0.2) is 29.4 Å². The van der Waals surface area contributed by atoms with Crippen molar-refractivity contribution in [3.05, 3.63) is 27.8 Å². The quantitative estimate of drug-likeness (QED) is 0.577. The highest BCUT2D eigenvalue weighted by Crippen LogP contribution is 2.22. The van der Waals surface area contributed by atoms with Crippen molar-refractivity contribution in [1.82, 2.24) is 14.8 Å². The van der Waals surface area contributed by atoms with Crippen LogP contribution in [-0.2, 0) is 4.79 Å². The van der Waals surface area contributed by atoms with Crippen LogP contribution in [-0.4, -0.2) is 26.4 Å². The first kappa shape index (κ1) is 16.1. The monoisotopic (exact) mass is 417 g/mol. The second-order valence-electron chi connectivity index (χ2n) is 4.65. The molecular formula is C13H16IN5OS. The second kappa shape index (κ2) is 7.12. The lowest BCUT2D eigenvalue weighted by Gasteiger charge is -2.11. The zero-order valence-corrected chi connectivity index (χ0v) is 14.7. The van der Waals surface area contributed by atoms with Crippen molar-refractivity contribution in [1.29, 1.82) is 0 Å². The van der Waals surface area contributed by atoms with Crippen LogP contribution >= 0.6 is 34.4 Å². The maximum absolute atomic E-state index is 11.9. The van der Waals surface area contributed by atoms with Crippen molar-refractivity contribution in [2.75, 3.05) is 16.8 Å². The third-order valence-corrected chi connectivity index (χ3v) is 4.33. The molecule has 0 saturated heterocycles. The van der Waals surface area contributed by atoms with E-state index >= 15 is 0 Å². The Hall–Kier alpha value is -1.29. The van der Waals surface area contributed by atoms with E-state index in [0.29, 0.717) is 11.1 Å². The fourth-order valence-electron chi connectivity index (χ4n) is 1.73. The van der Waals surface area contributed by atoms with Gasteiger partial charge >= 0.3 is 0 Å². The highest BCUT2D eigenvalue weighted by atomic mass is 127. The first-order chi connectivity index (χ1) is 9.97. The van der Waals surface area contributed by atoms with Gasteiger partial charge in [-0.3, -0.25) is 9.36 Å². The van der Waals surface area contributed by atoms with Gasteiger partial charge in [0.2, 0.25) is 11.9 Å². The number of nitrogens with one attached hydrogen (secondary N) is 1. The second-order valence-corrected chi connectivity index (χ2v) is 6.84. The third kappa shape index (κ3) is 4.34. The molecule has 0 aliphatic carbocycles. The fourth-order valence-corrected chi connectivity index (χ4v) is 2.97. The Bertz CT molecular complexity index is 626. The predicted molar refractivity (Wildman–Crippen MR) is 93.3 cm³/mol. The first-order valence-electron chi connectivity index (χ1n) is 6.36. The molecule has 8 heteroatoms. The average molecular weight is 417 g/mol. The first-order valence-corrected chi connectivity index (χ1v) is 8.42. The van der Waals surface area contributed by atoms with E-state index in [2.05, 4.69) is 38.1 Å². The summed E-state index contributed by atoms with van der Waals surface area (Å²) < 4.78 is 2.93. The number of benzene rings is 1. The van der Waals surface area contributed by atoms with Crippen LogP contribution in [0.4, 0.5) is 11.6 Å². The summed E-state index contributed by atoms with van der Waals surface area (Å²) in [5.41, 5.74) is 6.54. The average Bonchev–Trinajstić information content (AvgIpc) is 2.80. The molecule has 0 bridgehead atoms. The largest absolute Gasteiger partial charge is 0.368 e. The zero-order chi connectivity index (χ0) is 15.4. The van der Waals surface area contributed by atoms with E-state index in [1.54, 1.807) is 0 Å². The molecule has 0 atom stereocenters. The molecule has 2 aromatic rings. The maximum Gasteiger partial charge on any atom is 0.234 e. The summed E-state index contributed by atoms with van der Waals surface area (Å²) >= 11 is 3.54. The van der Waals surface area contributed by atoms with Crippen molar-refractivity contribution in [3.8, 4) is 0 Å². The fraction of sp³-hybridized carbons (Fsp3) is 0.308. The van der Waals surface area contributed by atoms with E-state index in [1.807, 2.05) is 42.7 Å². The van der Waals surface area contributed by atoms with Crippen LogP contribution in [0.3, 0.4) is 0 Å².